The molecule has 112 valence electrons. The van der Waals surface area contributed by atoms with Crippen molar-refractivity contribution in [2.75, 3.05) is 18.4 Å². The highest BCUT2D eigenvalue weighted by Crippen LogP contribution is 2.02. The van der Waals surface area contributed by atoms with Gasteiger partial charge in [0, 0.05) is 26.4 Å². The third kappa shape index (κ3) is 4.51. The number of nitrogens with one attached hydrogen (secondary N) is 2. The van der Waals surface area contributed by atoms with Crippen LogP contribution in [0.4, 0.5) is 5.82 Å². The summed E-state index contributed by atoms with van der Waals surface area (Å²) in [6.45, 7) is 5.02. The molecule has 1 amide bonds. The number of rotatable bonds is 7. The van der Waals surface area contributed by atoms with Gasteiger partial charge in [-0.1, -0.05) is 12.1 Å². The van der Waals surface area contributed by atoms with Crippen LogP contribution in [0.15, 0.2) is 16.7 Å². The molecule has 2 N–H and O–H groups in total. The third-order valence-corrected chi connectivity index (χ3v) is 2.66. The molecule has 0 radical (unpaired) electrons. The van der Waals surface area contributed by atoms with Gasteiger partial charge in [-0.2, -0.15) is 4.98 Å². The van der Waals surface area contributed by atoms with E-state index in [1.54, 1.807) is 19.1 Å². The van der Waals surface area contributed by atoms with Crippen LogP contribution in [0.25, 0.3) is 0 Å². The van der Waals surface area contributed by atoms with Gasteiger partial charge >= 0.3 is 0 Å². The molecular weight excluding hydrogens is 272 g/mol. The quantitative estimate of drug-likeness (QED) is 0.782. The van der Waals surface area contributed by atoms with E-state index >= 15 is 0 Å². The van der Waals surface area contributed by atoms with Crippen LogP contribution in [0, 0.1) is 6.92 Å². The molecule has 0 aliphatic heterocycles. The summed E-state index contributed by atoms with van der Waals surface area (Å²) in [5, 5.41) is 17.4. The normalized spacial score (nSPS) is 10.4. The highest BCUT2D eigenvalue weighted by atomic mass is 16.5. The number of amides is 1. The molecular formula is C13H18N6O2. The molecule has 8 heteroatoms. The highest BCUT2D eigenvalue weighted by molar-refractivity contribution is 5.92. The first-order valence-corrected chi connectivity index (χ1v) is 6.84. The fourth-order valence-electron chi connectivity index (χ4n) is 1.62. The summed E-state index contributed by atoms with van der Waals surface area (Å²) in [5.41, 5.74) is 0.279. The molecule has 2 aromatic heterocycles. The number of aromatic nitrogens is 4. The average Bonchev–Trinajstić information content (AvgIpc) is 2.91. The second kappa shape index (κ2) is 7.32. The van der Waals surface area contributed by atoms with Gasteiger partial charge in [0.25, 0.3) is 5.91 Å². The molecule has 0 atom stereocenters. The SMILES string of the molecule is CCCNc1ccc(C(=O)NCCc2noc(C)n2)nn1. The molecule has 2 heterocycles. The summed E-state index contributed by atoms with van der Waals surface area (Å²) >= 11 is 0. The summed E-state index contributed by atoms with van der Waals surface area (Å²) < 4.78 is 4.85. The Hall–Kier alpha value is -2.51. The molecule has 0 bridgehead atoms. The molecule has 2 rings (SSSR count). The number of nitrogens with zero attached hydrogens (tertiary/aromatic N) is 4. The minimum Gasteiger partial charge on any atom is -0.369 e. The number of hydrogen-bond acceptors (Lipinski definition) is 7. The van der Waals surface area contributed by atoms with Crippen LogP contribution >= 0.6 is 0 Å². The molecule has 0 unspecified atom stereocenters. The van der Waals surface area contributed by atoms with Crippen molar-refractivity contribution >= 4 is 11.7 Å². The number of aryl methyl sites for hydroxylation is 1. The third-order valence-electron chi connectivity index (χ3n) is 2.66. The molecule has 2 aromatic rings. The second-order valence-electron chi connectivity index (χ2n) is 4.47. The minimum absolute atomic E-state index is 0.273. The van der Waals surface area contributed by atoms with Crippen molar-refractivity contribution in [1.29, 1.82) is 0 Å². The van der Waals surface area contributed by atoms with E-state index in [0.717, 1.165) is 13.0 Å². The smallest absolute Gasteiger partial charge is 0.271 e. The van der Waals surface area contributed by atoms with Crippen LogP contribution < -0.4 is 10.6 Å². The van der Waals surface area contributed by atoms with Crippen molar-refractivity contribution in [3.05, 3.63) is 29.5 Å². The van der Waals surface area contributed by atoms with E-state index in [9.17, 15) is 4.79 Å². The van der Waals surface area contributed by atoms with Gasteiger partial charge in [-0.25, -0.2) is 0 Å². The molecule has 0 aliphatic rings. The van der Waals surface area contributed by atoms with E-state index in [2.05, 4.69) is 37.9 Å². The van der Waals surface area contributed by atoms with Crippen molar-refractivity contribution in [3.63, 3.8) is 0 Å². The standard InChI is InChI=1S/C13H18N6O2/c1-3-7-14-11-5-4-10(17-18-11)13(20)15-8-6-12-16-9(2)21-19-12/h4-5H,3,6-8H2,1-2H3,(H,14,18)(H,15,20). The lowest BCUT2D eigenvalue weighted by Gasteiger charge is -2.04. The molecule has 0 aliphatic carbocycles. The number of carbonyl (C=O) groups excluding carboxylic acids is 1. The van der Waals surface area contributed by atoms with E-state index in [1.165, 1.54) is 0 Å². The Bertz CT molecular complexity index is 581. The predicted molar refractivity (Wildman–Crippen MR) is 75.9 cm³/mol. The largest absolute Gasteiger partial charge is 0.369 e. The van der Waals surface area contributed by atoms with Gasteiger partial charge in [0.15, 0.2) is 11.5 Å². The fraction of sp³-hybridized carbons (Fsp3) is 0.462. The zero-order chi connectivity index (χ0) is 15.1. The summed E-state index contributed by atoms with van der Waals surface area (Å²) in [6, 6.07) is 3.37. The van der Waals surface area contributed by atoms with Gasteiger partial charge in [0.2, 0.25) is 5.89 Å². The van der Waals surface area contributed by atoms with Gasteiger partial charge in [-0.3, -0.25) is 4.79 Å². The average molecular weight is 290 g/mol. The van der Waals surface area contributed by atoms with E-state index in [0.29, 0.717) is 30.5 Å². The molecule has 0 aromatic carbocycles. The Kier molecular flexibility index (Phi) is 5.19. The zero-order valence-corrected chi connectivity index (χ0v) is 12.1. The molecule has 0 saturated heterocycles. The lowest BCUT2D eigenvalue weighted by Crippen LogP contribution is -2.27. The molecule has 0 fully saturated rings. The Labute approximate surface area is 122 Å². The first kappa shape index (κ1) is 14.9. The summed E-state index contributed by atoms with van der Waals surface area (Å²) in [4.78, 5) is 15.9. The topological polar surface area (TPSA) is 106 Å². The van der Waals surface area contributed by atoms with Crippen LogP contribution in [0.5, 0.6) is 0 Å². The van der Waals surface area contributed by atoms with Crippen LogP contribution in [-0.2, 0) is 6.42 Å². The van der Waals surface area contributed by atoms with Gasteiger partial charge in [0.1, 0.15) is 5.82 Å². The Morgan fingerprint density at radius 3 is 2.76 bits per heavy atom. The van der Waals surface area contributed by atoms with E-state index < -0.39 is 0 Å². The lowest BCUT2D eigenvalue weighted by molar-refractivity contribution is 0.0948. The zero-order valence-electron chi connectivity index (χ0n) is 12.1. The maximum atomic E-state index is 11.9. The molecule has 21 heavy (non-hydrogen) atoms. The van der Waals surface area contributed by atoms with E-state index in [4.69, 9.17) is 4.52 Å². The molecule has 8 nitrogen and oxygen atoms in total. The van der Waals surface area contributed by atoms with Crippen molar-refractivity contribution in [2.45, 2.75) is 26.7 Å². The maximum absolute atomic E-state index is 11.9. The van der Waals surface area contributed by atoms with Crippen molar-refractivity contribution < 1.29 is 9.32 Å². The monoisotopic (exact) mass is 290 g/mol. The first-order chi connectivity index (χ1) is 10.2. The molecule has 0 saturated carbocycles. The maximum Gasteiger partial charge on any atom is 0.271 e. The number of carbonyl (C=O) groups is 1. The van der Waals surface area contributed by atoms with Crippen LogP contribution in [0.2, 0.25) is 0 Å². The minimum atomic E-state index is -0.273. The van der Waals surface area contributed by atoms with Gasteiger partial charge in [-0.15, -0.1) is 10.2 Å². The lowest BCUT2D eigenvalue weighted by atomic mass is 10.3. The number of hydrogen-bond donors (Lipinski definition) is 2. The Morgan fingerprint density at radius 2 is 2.14 bits per heavy atom. The molecule has 0 spiro atoms. The van der Waals surface area contributed by atoms with Gasteiger partial charge < -0.3 is 15.2 Å². The van der Waals surface area contributed by atoms with Crippen LogP contribution in [0.1, 0.15) is 35.5 Å². The van der Waals surface area contributed by atoms with E-state index in [1.807, 2.05) is 0 Å². The predicted octanol–water partition coefficient (Wildman–Crippen LogP) is 0.962. The van der Waals surface area contributed by atoms with Gasteiger partial charge in [0.05, 0.1) is 0 Å². The van der Waals surface area contributed by atoms with Crippen LogP contribution in [0.3, 0.4) is 0 Å². The second-order valence-corrected chi connectivity index (χ2v) is 4.47. The Balaban J connectivity index is 1.79. The van der Waals surface area contributed by atoms with Gasteiger partial charge in [-0.05, 0) is 18.6 Å². The summed E-state index contributed by atoms with van der Waals surface area (Å²) in [5.74, 6) is 1.47. The number of anilines is 1. The summed E-state index contributed by atoms with van der Waals surface area (Å²) in [6.07, 6.45) is 1.51. The summed E-state index contributed by atoms with van der Waals surface area (Å²) in [7, 11) is 0. The van der Waals surface area contributed by atoms with Crippen molar-refractivity contribution in [1.82, 2.24) is 25.7 Å². The first-order valence-electron chi connectivity index (χ1n) is 6.84. The fourth-order valence-corrected chi connectivity index (χ4v) is 1.62. The van der Waals surface area contributed by atoms with Crippen molar-refractivity contribution in [3.8, 4) is 0 Å². The van der Waals surface area contributed by atoms with Crippen molar-refractivity contribution in [2.24, 2.45) is 0 Å². The highest BCUT2D eigenvalue weighted by Gasteiger charge is 2.08. The Morgan fingerprint density at radius 1 is 1.29 bits per heavy atom. The van der Waals surface area contributed by atoms with E-state index in [-0.39, 0.29) is 11.6 Å². The van der Waals surface area contributed by atoms with Crippen LogP contribution in [-0.4, -0.2) is 39.3 Å².